The van der Waals surface area contributed by atoms with Crippen molar-refractivity contribution >= 4 is 21.8 Å². The zero-order chi connectivity index (χ0) is 17.9. The van der Waals surface area contributed by atoms with Crippen LogP contribution in [0.15, 0.2) is 23.1 Å². The Hall–Kier alpha value is -0.740. The number of halogens is 2. The third-order valence-electron chi connectivity index (χ3n) is 4.88. The van der Waals surface area contributed by atoms with E-state index in [1.54, 1.807) is 0 Å². The summed E-state index contributed by atoms with van der Waals surface area (Å²) < 4.78 is 60.2. The lowest BCUT2D eigenvalue weighted by Crippen LogP contribution is -2.60. The SMILES string of the molecule is O=S(=O)(NCC1(N2CCSCC2)CCOCC1)c1cc(F)ccc1F. The predicted molar refractivity (Wildman–Crippen MR) is 93.2 cm³/mol. The Morgan fingerprint density at radius 1 is 1.20 bits per heavy atom. The maximum atomic E-state index is 13.9. The summed E-state index contributed by atoms with van der Waals surface area (Å²) in [6.07, 6.45) is 1.43. The molecule has 140 valence electrons. The van der Waals surface area contributed by atoms with Gasteiger partial charge in [-0.1, -0.05) is 0 Å². The van der Waals surface area contributed by atoms with Crippen LogP contribution in [-0.2, 0) is 14.8 Å². The number of hydrogen-bond acceptors (Lipinski definition) is 5. The molecule has 0 radical (unpaired) electrons. The maximum Gasteiger partial charge on any atom is 0.243 e. The van der Waals surface area contributed by atoms with E-state index < -0.39 is 26.6 Å². The molecule has 0 aromatic heterocycles. The molecule has 0 bridgehead atoms. The van der Waals surface area contributed by atoms with Gasteiger partial charge in [-0.3, -0.25) is 4.90 Å². The normalized spacial score (nSPS) is 22.0. The first-order chi connectivity index (χ1) is 11.9. The third-order valence-corrected chi connectivity index (χ3v) is 7.24. The minimum Gasteiger partial charge on any atom is -0.381 e. The molecule has 25 heavy (non-hydrogen) atoms. The van der Waals surface area contributed by atoms with Gasteiger partial charge in [0.2, 0.25) is 10.0 Å². The molecule has 2 aliphatic heterocycles. The quantitative estimate of drug-likeness (QED) is 0.829. The fraction of sp³-hybridized carbons (Fsp3) is 0.625. The Morgan fingerprint density at radius 3 is 2.56 bits per heavy atom. The molecular formula is C16H22F2N2O3S2. The van der Waals surface area contributed by atoms with Gasteiger partial charge >= 0.3 is 0 Å². The summed E-state index contributed by atoms with van der Waals surface area (Å²) in [7, 11) is -4.13. The molecule has 2 aliphatic rings. The fourth-order valence-electron chi connectivity index (χ4n) is 3.38. The van der Waals surface area contributed by atoms with Gasteiger partial charge in [-0.2, -0.15) is 11.8 Å². The van der Waals surface area contributed by atoms with E-state index in [-0.39, 0.29) is 12.1 Å². The molecule has 9 heteroatoms. The standard InChI is InChI=1S/C16H22F2N2O3S2/c17-13-1-2-14(18)15(11-13)25(21,22)19-12-16(3-7-23-8-4-16)20-5-9-24-10-6-20/h1-2,11,19H,3-10,12H2. The topological polar surface area (TPSA) is 58.6 Å². The molecule has 0 aliphatic carbocycles. The highest BCUT2D eigenvalue weighted by atomic mass is 32.2. The average molecular weight is 392 g/mol. The lowest BCUT2D eigenvalue weighted by Gasteiger charge is -2.47. The summed E-state index contributed by atoms with van der Waals surface area (Å²) in [5.74, 6) is 0.279. The van der Waals surface area contributed by atoms with Crippen LogP contribution in [0.4, 0.5) is 8.78 Å². The molecule has 3 rings (SSSR count). The number of nitrogens with zero attached hydrogens (tertiary/aromatic N) is 1. The number of thioether (sulfide) groups is 1. The number of sulfonamides is 1. The molecule has 1 aromatic rings. The molecule has 2 saturated heterocycles. The summed E-state index contributed by atoms with van der Waals surface area (Å²) in [4.78, 5) is 1.67. The molecule has 0 saturated carbocycles. The second-order valence-corrected chi connectivity index (χ2v) is 9.30. The van der Waals surface area contributed by atoms with Crippen molar-refractivity contribution < 1.29 is 21.9 Å². The van der Waals surface area contributed by atoms with Crippen molar-refractivity contribution in [2.45, 2.75) is 23.3 Å². The van der Waals surface area contributed by atoms with Gasteiger partial charge in [0.05, 0.1) is 0 Å². The summed E-state index contributed by atoms with van der Waals surface area (Å²) in [5.41, 5.74) is -0.337. The molecule has 0 atom stereocenters. The molecule has 0 unspecified atom stereocenters. The van der Waals surface area contributed by atoms with E-state index in [0.29, 0.717) is 32.1 Å². The molecular weight excluding hydrogens is 370 g/mol. The first kappa shape index (κ1) is 19.0. The van der Waals surface area contributed by atoms with Crippen LogP contribution in [0, 0.1) is 11.6 Å². The Bertz CT molecular complexity index is 703. The van der Waals surface area contributed by atoms with Crippen molar-refractivity contribution in [3.8, 4) is 0 Å². The number of rotatable bonds is 5. The second-order valence-electron chi connectivity index (χ2n) is 6.34. The van der Waals surface area contributed by atoms with Crippen molar-refractivity contribution in [1.29, 1.82) is 0 Å². The van der Waals surface area contributed by atoms with Gasteiger partial charge in [0.25, 0.3) is 0 Å². The van der Waals surface area contributed by atoms with Crippen LogP contribution >= 0.6 is 11.8 Å². The number of ether oxygens (including phenoxy) is 1. The van der Waals surface area contributed by atoms with Crippen molar-refractivity contribution in [3.63, 3.8) is 0 Å². The van der Waals surface area contributed by atoms with Crippen molar-refractivity contribution in [2.24, 2.45) is 0 Å². The average Bonchev–Trinajstić information content (AvgIpc) is 2.63. The Labute approximate surface area is 151 Å². The minimum absolute atomic E-state index is 0.166. The maximum absolute atomic E-state index is 13.9. The fourth-order valence-corrected chi connectivity index (χ4v) is 5.49. The van der Waals surface area contributed by atoms with E-state index in [2.05, 4.69) is 9.62 Å². The highest BCUT2D eigenvalue weighted by Crippen LogP contribution is 2.30. The molecule has 1 aromatic carbocycles. The molecule has 2 fully saturated rings. The number of hydrogen-bond donors (Lipinski definition) is 1. The van der Waals surface area contributed by atoms with E-state index in [9.17, 15) is 17.2 Å². The van der Waals surface area contributed by atoms with Crippen molar-refractivity contribution in [3.05, 3.63) is 29.8 Å². The highest BCUT2D eigenvalue weighted by Gasteiger charge is 2.40. The summed E-state index contributed by atoms with van der Waals surface area (Å²) >= 11 is 1.88. The Balaban J connectivity index is 1.79. The second kappa shape index (κ2) is 7.87. The van der Waals surface area contributed by atoms with Crippen molar-refractivity contribution in [2.75, 3.05) is 44.4 Å². The van der Waals surface area contributed by atoms with Gasteiger partial charge in [0.1, 0.15) is 16.5 Å². The van der Waals surface area contributed by atoms with Gasteiger partial charge in [-0.05, 0) is 31.0 Å². The highest BCUT2D eigenvalue weighted by molar-refractivity contribution is 7.99. The molecule has 5 nitrogen and oxygen atoms in total. The van der Waals surface area contributed by atoms with Crippen LogP contribution in [0.2, 0.25) is 0 Å². The number of nitrogens with one attached hydrogen (secondary N) is 1. The van der Waals surface area contributed by atoms with E-state index in [1.165, 1.54) is 0 Å². The lowest BCUT2D eigenvalue weighted by atomic mass is 9.88. The zero-order valence-corrected chi connectivity index (χ0v) is 15.5. The van der Waals surface area contributed by atoms with Gasteiger partial charge in [0.15, 0.2) is 0 Å². The summed E-state index contributed by atoms with van der Waals surface area (Å²) in [6.45, 7) is 3.08. The van der Waals surface area contributed by atoms with Gasteiger partial charge in [-0.15, -0.1) is 0 Å². The smallest absolute Gasteiger partial charge is 0.243 e. The molecule has 0 spiro atoms. The third kappa shape index (κ3) is 4.33. The molecule has 2 heterocycles. The first-order valence-electron chi connectivity index (χ1n) is 8.28. The molecule has 0 amide bonds. The molecule has 1 N–H and O–H groups in total. The van der Waals surface area contributed by atoms with Gasteiger partial charge in [0, 0.05) is 49.9 Å². The minimum atomic E-state index is -4.13. The lowest BCUT2D eigenvalue weighted by molar-refractivity contribution is -0.0218. The Morgan fingerprint density at radius 2 is 1.88 bits per heavy atom. The zero-order valence-electron chi connectivity index (χ0n) is 13.8. The van der Waals surface area contributed by atoms with E-state index in [4.69, 9.17) is 4.74 Å². The van der Waals surface area contributed by atoms with Crippen molar-refractivity contribution in [1.82, 2.24) is 9.62 Å². The summed E-state index contributed by atoms with van der Waals surface area (Å²) in [5, 5.41) is 0. The van der Waals surface area contributed by atoms with Crippen LogP contribution < -0.4 is 4.72 Å². The van der Waals surface area contributed by atoms with E-state index >= 15 is 0 Å². The van der Waals surface area contributed by atoms with Crippen LogP contribution in [0.1, 0.15) is 12.8 Å². The van der Waals surface area contributed by atoms with Gasteiger partial charge in [-0.25, -0.2) is 21.9 Å². The number of benzene rings is 1. The van der Waals surface area contributed by atoms with Crippen LogP contribution in [0.25, 0.3) is 0 Å². The van der Waals surface area contributed by atoms with Crippen LogP contribution in [-0.4, -0.2) is 63.2 Å². The van der Waals surface area contributed by atoms with Gasteiger partial charge < -0.3 is 4.74 Å². The largest absolute Gasteiger partial charge is 0.381 e. The van der Waals surface area contributed by atoms with E-state index in [1.807, 2.05) is 11.8 Å². The summed E-state index contributed by atoms with van der Waals surface area (Å²) in [6, 6.07) is 2.45. The van der Waals surface area contributed by atoms with Crippen LogP contribution in [0.5, 0.6) is 0 Å². The van der Waals surface area contributed by atoms with Crippen LogP contribution in [0.3, 0.4) is 0 Å². The Kier molecular flexibility index (Phi) is 5.99. The first-order valence-corrected chi connectivity index (χ1v) is 10.9. The monoisotopic (exact) mass is 392 g/mol. The predicted octanol–water partition coefficient (Wildman–Crippen LogP) is 1.84. The van der Waals surface area contributed by atoms with E-state index in [0.717, 1.165) is 36.7 Å².